The van der Waals surface area contributed by atoms with Crippen LogP contribution in [-0.2, 0) is 9.53 Å². The molecule has 0 atom stereocenters. The van der Waals surface area contributed by atoms with Crippen LogP contribution in [0.5, 0.6) is 0 Å². The van der Waals surface area contributed by atoms with Gasteiger partial charge in [-0.2, -0.15) is 0 Å². The van der Waals surface area contributed by atoms with Crippen LogP contribution in [0.25, 0.3) is 0 Å². The van der Waals surface area contributed by atoms with Gasteiger partial charge in [0, 0.05) is 4.90 Å². The molecule has 1 N–H and O–H groups in total. The Hall–Kier alpha value is -2.54. The predicted octanol–water partition coefficient (Wildman–Crippen LogP) is 4.01. The number of carbonyl (C=O) groups excluding carboxylic acids is 3. The van der Waals surface area contributed by atoms with Gasteiger partial charge < -0.3 is 9.15 Å². The SMILES string of the molecule is CCOC(=O)c1c(NC(=O)CSc2ccc(C)cc2)oc(C)c1C(C)=O. The number of rotatable bonds is 7. The van der Waals surface area contributed by atoms with Crippen LogP contribution >= 0.6 is 11.8 Å². The van der Waals surface area contributed by atoms with E-state index in [1.807, 2.05) is 31.2 Å². The highest BCUT2D eigenvalue weighted by molar-refractivity contribution is 8.00. The molecule has 0 spiro atoms. The number of nitrogens with one attached hydrogen (secondary N) is 1. The molecular formula is C19H21NO5S. The molecule has 1 aromatic carbocycles. The number of ether oxygens (including phenoxy) is 1. The van der Waals surface area contributed by atoms with Crippen molar-refractivity contribution in [2.45, 2.75) is 32.6 Å². The van der Waals surface area contributed by atoms with Crippen molar-refractivity contribution < 1.29 is 23.5 Å². The largest absolute Gasteiger partial charge is 0.462 e. The van der Waals surface area contributed by atoms with E-state index in [1.165, 1.54) is 18.7 Å². The zero-order chi connectivity index (χ0) is 19.3. The van der Waals surface area contributed by atoms with Gasteiger partial charge in [-0.3, -0.25) is 14.9 Å². The lowest BCUT2D eigenvalue weighted by Gasteiger charge is -2.06. The van der Waals surface area contributed by atoms with E-state index in [1.54, 1.807) is 13.8 Å². The standard InChI is InChI=1S/C19H21NO5S/c1-5-24-19(23)17-16(12(3)21)13(4)25-18(17)20-15(22)10-26-14-8-6-11(2)7-9-14/h6-9H,5,10H2,1-4H3,(H,20,22). The number of benzene rings is 1. The average molecular weight is 375 g/mol. The molecule has 2 rings (SSSR count). The fourth-order valence-corrected chi connectivity index (χ4v) is 3.10. The van der Waals surface area contributed by atoms with Crippen LogP contribution in [0.2, 0.25) is 0 Å². The van der Waals surface area contributed by atoms with E-state index in [0.717, 1.165) is 10.5 Å². The van der Waals surface area contributed by atoms with Crippen molar-refractivity contribution in [2.75, 3.05) is 17.7 Å². The maximum absolute atomic E-state index is 12.2. The zero-order valence-electron chi connectivity index (χ0n) is 15.2. The Balaban J connectivity index is 2.15. The monoisotopic (exact) mass is 375 g/mol. The summed E-state index contributed by atoms with van der Waals surface area (Å²) >= 11 is 1.36. The van der Waals surface area contributed by atoms with Crippen molar-refractivity contribution >= 4 is 35.3 Å². The van der Waals surface area contributed by atoms with Gasteiger partial charge in [-0.1, -0.05) is 17.7 Å². The lowest BCUT2D eigenvalue weighted by atomic mass is 10.1. The van der Waals surface area contributed by atoms with E-state index in [-0.39, 0.29) is 46.8 Å². The molecule has 0 fully saturated rings. The van der Waals surface area contributed by atoms with E-state index >= 15 is 0 Å². The predicted molar refractivity (Wildman–Crippen MR) is 99.9 cm³/mol. The second-order valence-corrected chi connectivity index (χ2v) is 6.71. The molecule has 7 heteroatoms. The van der Waals surface area contributed by atoms with E-state index in [2.05, 4.69) is 5.32 Å². The lowest BCUT2D eigenvalue weighted by Crippen LogP contribution is -2.17. The third-order valence-electron chi connectivity index (χ3n) is 3.56. The molecule has 1 heterocycles. The Morgan fingerprint density at radius 2 is 1.77 bits per heavy atom. The number of hydrogen-bond donors (Lipinski definition) is 1. The number of ketones is 1. The summed E-state index contributed by atoms with van der Waals surface area (Å²) in [7, 11) is 0. The van der Waals surface area contributed by atoms with Crippen molar-refractivity contribution in [1.29, 1.82) is 0 Å². The van der Waals surface area contributed by atoms with E-state index < -0.39 is 5.97 Å². The molecule has 1 aromatic heterocycles. The van der Waals surface area contributed by atoms with Crippen molar-refractivity contribution in [3.05, 3.63) is 46.7 Å². The van der Waals surface area contributed by atoms with E-state index in [4.69, 9.17) is 9.15 Å². The van der Waals surface area contributed by atoms with Crippen LogP contribution < -0.4 is 5.32 Å². The minimum atomic E-state index is -0.698. The first-order valence-electron chi connectivity index (χ1n) is 8.14. The number of amides is 1. The summed E-state index contributed by atoms with van der Waals surface area (Å²) in [5.41, 5.74) is 1.23. The van der Waals surface area contributed by atoms with Gasteiger partial charge in [-0.05, 0) is 39.8 Å². The molecule has 0 aliphatic rings. The molecule has 0 saturated carbocycles. The molecule has 0 radical (unpaired) electrons. The normalized spacial score (nSPS) is 10.5. The molecule has 0 unspecified atom stereocenters. The number of hydrogen-bond acceptors (Lipinski definition) is 6. The summed E-state index contributed by atoms with van der Waals surface area (Å²) in [6, 6.07) is 7.80. The molecule has 1 amide bonds. The van der Waals surface area contributed by atoms with E-state index in [9.17, 15) is 14.4 Å². The summed E-state index contributed by atoms with van der Waals surface area (Å²) < 4.78 is 10.4. The zero-order valence-corrected chi connectivity index (χ0v) is 16.0. The number of Topliss-reactive ketones (excluding diaryl/α,β-unsaturated/α-hetero) is 1. The number of esters is 1. The quantitative estimate of drug-likeness (QED) is 0.447. The van der Waals surface area contributed by atoms with Gasteiger partial charge in [-0.25, -0.2) is 4.79 Å². The third kappa shape index (κ3) is 4.76. The highest BCUT2D eigenvalue weighted by atomic mass is 32.2. The van der Waals surface area contributed by atoms with Gasteiger partial charge in [0.15, 0.2) is 5.78 Å². The third-order valence-corrected chi connectivity index (χ3v) is 4.57. The van der Waals surface area contributed by atoms with Crippen LogP contribution in [0.3, 0.4) is 0 Å². The smallest absolute Gasteiger partial charge is 0.344 e. The molecule has 2 aromatic rings. The lowest BCUT2D eigenvalue weighted by molar-refractivity contribution is -0.113. The topological polar surface area (TPSA) is 85.6 Å². The first-order chi connectivity index (χ1) is 12.3. The first-order valence-corrected chi connectivity index (χ1v) is 9.12. The van der Waals surface area contributed by atoms with Crippen molar-refractivity contribution in [2.24, 2.45) is 0 Å². The summed E-state index contributed by atoms with van der Waals surface area (Å²) in [6.45, 7) is 6.70. The number of furan rings is 1. The number of anilines is 1. The average Bonchev–Trinajstić information content (AvgIpc) is 2.90. The van der Waals surface area contributed by atoms with Crippen molar-refractivity contribution in [1.82, 2.24) is 0 Å². The first kappa shape index (κ1) is 19.8. The summed E-state index contributed by atoms with van der Waals surface area (Å²) in [5, 5.41) is 2.57. The minimum absolute atomic E-state index is 0.0365. The Kier molecular flexibility index (Phi) is 6.63. The Labute approximate surface area is 156 Å². The molecule has 6 nitrogen and oxygen atoms in total. The Bertz CT molecular complexity index is 823. The number of aryl methyl sites for hydroxylation is 2. The Morgan fingerprint density at radius 1 is 1.12 bits per heavy atom. The van der Waals surface area contributed by atoms with Gasteiger partial charge in [-0.15, -0.1) is 11.8 Å². The van der Waals surface area contributed by atoms with Gasteiger partial charge in [0.05, 0.1) is 17.9 Å². The van der Waals surface area contributed by atoms with Gasteiger partial charge in [0.2, 0.25) is 11.8 Å². The fourth-order valence-electron chi connectivity index (χ4n) is 2.40. The van der Waals surface area contributed by atoms with E-state index in [0.29, 0.717) is 0 Å². The summed E-state index contributed by atoms with van der Waals surface area (Å²) in [5.74, 6) is -1.02. The fraction of sp³-hybridized carbons (Fsp3) is 0.316. The van der Waals surface area contributed by atoms with Gasteiger partial charge >= 0.3 is 5.97 Å². The van der Waals surface area contributed by atoms with Crippen molar-refractivity contribution in [3.63, 3.8) is 0 Å². The van der Waals surface area contributed by atoms with Crippen LogP contribution in [0.4, 0.5) is 5.88 Å². The highest BCUT2D eigenvalue weighted by Crippen LogP contribution is 2.29. The maximum Gasteiger partial charge on any atom is 0.344 e. The van der Waals surface area contributed by atoms with Gasteiger partial charge in [0.25, 0.3) is 0 Å². The Morgan fingerprint density at radius 3 is 2.35 bits per heavy atom. The molecule has 138 valence electrons. The maximum atomic E-state index is 12.2. The van der Waals surface area contributed by atoms with Crippen LogP contribution in [0.15, 0.2) is 33.6 Å². The van der Waals surface area contributed by atoms with Gasteiger partial charge in [0.1, 0.15) is 11.3 Å². The molecule has 0 bridgehead atoms. The van der Waals surface area contributed by atoms with Crippen LogP contribution in [-0.4, -0.2) is 30.0 Å². The molecule has 26 heavy (non-hydrogen) atoms. The number of carbonyl (C=O) groups is 3. The molecule has 0 aliphatic heterocycles. The molecule has 0 saturated heterocycles. The highest BCUT2D eigenvalue weighted by Gasteiger charge is 2.28. The van der Waals surface area contributed by atoms with Crippen LogP contribution in [0, 0.1) is 13.8 Å². The second kappa shape index (κ2) is 8.71. The van der Waals surface area contributed by atoms with Crippen molar-refractivity contribution in [3.8, 4) is 0 Å². The number of thioether (sulfide) groups is 1. The van der Waals surface area contributed by atoms with Crippen LogP contribution in [0.1, 0.15) is 45.9 Å². The second-order valence-electron chi connectivity index (χ2n) is 5.66. The molecule has 0 aliphatic carbocycles. The summed E-state index contributed by atoms with van der Waals surface area (Å²) in [6.07, 6.45) is 0. The minimum Gasteiger partial charge on any atom is -0.462 e. The molecular weight excluding hydrogens is 354 g/mol. The summed E-state index contributed by atoms with van der Waals surface area (Å²) in [4.78, 5) is 37.3.